The molecule has 1 atom stereocenters. The van der Waals surface area contributed by atoms with E-state index in [-0.39, 0.29) is 11.8 Å². The summed E-state index contributed by atoms with van der Waals surface area (Å²) >= 11 is 12.1. The lowest BCUT2D eigenvalue weighted by Gasteiger charge is -2.31. The van der Waals surface area contributed by atoms with E-state index in [1.165, 1.54) is 0 Å². The Morgan fingerprint density at radius 1 is 1.00 bits per heavy atom. The highest BCUT2D eigenvalue weighted by molar-refractivity contribution is 6.42. The van der Waals surface area contributed by atoms with Gasteiger partial charge in [0.15, 0.2) is 0 Å². The molecule has 2 aromatic carbocycles. The maximum atomic E-state index is 12.9. The minimum atomic E-state index is -0.601. The number of carbonyl (C=O) groups is 2. The van der Waals surface area contributed by atoms with Crippen molar-refractivity contribution >= 4 is 35.0 Å². The van der Waals surface area contributed by atoms with Crippen LogP contribution in [0.3, 0.4) is 0 Å². The molecule has 2 aromatic rings. The quantitative estimate of drug-likeness (QED) is 0.628. The first-order valence-corrected chi connectivity index (χ1v) is 10.3. The third-order valence-corrected chi connectivity index (χ3v) is 5.20. The molecule has 0 aromatic heterocycles. The summed E-state index contributed by atoms with van der Waals surface area (Å²) in [5.41, 5.74) is 1.83. The molecule has 0 spiro atoms. The Kier molecular flexibility index (Phi) is 8.81. The van der Waals surface area contributed by atoms with Gasteiger partial charge < -0.3 is 10.2 Å². The molecular weight excluding hydrogens is 395 g/mol. The third-order valence-electron chi connectivity index (χ3n) is 4.46. The van der Waals surface area contributed by atoms with Gasteiger partial charge >= 0.3 is 0 Å². The van der Waals surface area contributed by atoms with Crippen molar-refractivity contribution in [2.75, 3.05) is 6.54 Å². The number of halogens is 2. The van der Waals surface area contributed by atoms with Gasteiger partial charge in [-0.2, -0.15) is 0 Å². The molecule has 0 aliphatic heterocycles. The van der Waals surface area contributed by atoms with Crippen molar-refractivity contribution in [2.24, 2.45) is 0 Å². The smallest absolute Gasteiger partial charge is 0.243 e. The predicted molar refractivity (Wildman–Crippen MR) is 115 cm³/mol. The first kappa shape index (κ1) is 22.3. The van der Waals surface area contributed by atoms with Gasteiger partial charge in [-0.1, -0.05) is 73.4 Å². The molecule has 0 saturated carbocycles. The van der Waals surface area contributed by atoms with Crippen molar-refractivity contribution in [1.82, 2.24) is 10.2 Å². The summed E-state index contributed by atoms with van der Waals surface area (Å²) in [6, 6.07) is 14.4. The molecule has 2 amide bonds. The van der Waals surface area contributed by atoms with Crippen LogP contribution >= 0.6 is 23.2 Å². The molecule has 0 unspecified atom stereocenters. The molecule has 0 bridgehead atoms. The summed E-state index contributed by atoms with van der Waals surface area (Å²) in [6.45, 7) is 4.66. The summed E-state index contributed by atoms with van der Waals surface area (Å²) in [5, 5.41) is 3.83. The van der Waals surface area contributed by atoms with E-state index in [1.807, 2.05) is 43.3 Å². The molecule has 0 saturated heterocycles. The Bertz CT molecular complexity index is 796. The van der Waals surface area contributed by atoms with Crippen LogP contribution in [0.4, 0.5) is 0 Å². The normalized spacial score (nSPS) is 11.7. The van der Waals surface area contributed by atoms with E-state index in [4.69, 9.17) is 23.2 Å². The van der Waals surface area contributed by atoms with Crippen LogP contribution in [0.2, 0.25) is 10.0 Å². The average Bonchev–Trinajstić information content (AvgIpc) is 2.71. The summed E-state index contributed by atoms with van der Waals surface area (Å²) in [5.74, 6) is -0.230. The van der Waals surface area contributed by atoms with E-state index in [2.05, 4.69) is 5.32 Å². The van der Waals surface area contributed by atoms with Gasteiger partial charge in [-0.05, 0) is 29.7 Å². The second-order valence-electron chi connectivity index (χ2n) is 6.62. The zero-order valence-corrected chi connectivity index (χ0v) is 17.8. The van der Waals surface area contributed by atoms with E-state index < -0.39 is 6.04 Å². The number of hydrogen-bond acceptors (Lipinski definition) is 2. The lowest BCUT2D eigenvalue weighted by atomic mass is 10.0. The minimum absolute atomic E-state index is 0.0846. The lowest BCUT2D eigenvalue weighted by Crippen LogP contribution is -2.50. The van der Waals surface area contributed by atoms with Crippen LogP contribution in [0.25, 0.3) is 0 Å². The largest absolute Gasteiger partial charge is 0.354 e. The fourth-order valence-electron chi connectivity index (χ4n) is 2.96. The Morgan fingerprint density at radius 2 is 1.71 bits per heavy atom. The van der Waals surface area contributed by atoms with Crippen LogP contribution in [-0.4, -0.2) is 29.3 Å². The van der Waals surface area contributed by atoms with Crippen molar-refractivity contribution in [3.63, 3.8) is 0 Å². The number of hydrogen-bond donors (Lipinski definition) is 1. The Balaban J connectivity index is 2.34. The van der Waals surface area contributed by atoms with E-state index >= 15 is 0 Å². The molecule has 6 heteroatoms. The van der Waals surface area contributed by atoms with Crippen molar-refractivity contribution in [3.8, 4) is 0 Å². The van der Waals surface area contributed by atoms with Crippen LogP contribution in [0.5, 0.6) is 0 Å². The third kappa shape index (κ3) is 6.25. The van der Waals surface area contributed by atoms with Crippen LogP contribution in [0.1, 0.15) is 37.8 Å². The van der Waals surface area contributed by atoms with E-state index in [0.29, 0.717) is 36.0 Å². The van der Waals surface area contributed by atoms with Crippen molar-refractivity contribution in [3.05, 3.63) is 69.7 Å². The van der Waals surface area contributed by atoms with Crippen molar-refractivity contribution < 1.29 is 9.59 Å². The Labute approximate surface area is 176 Å². The number of amides is 2. The SMILES string of the molecule is CCCNC(=O)[C@@H](Cc1ccccc1)N(Cc1ccc(Cl)c(Cl)c1)C(=O)CC. The first-order chi connectivity index (χ1) is 13.5. The minimum Gasteiger partial charge on any atom is -0.354 e. The van der Waals surface area contributed by atoms with Gasteiger partial charge in [0.05, 0.1) is 10.0 Å². The summed E-state index contributed by atoms with van der Waals surface area (Å²) in [4.78, 5) is 27.3. The lowest BCUT2D eigenvalue weighted by molar-refractivity contribution is -0.141. The van der Waals surface area contributed by atoms with E-state index in [1.54, 1.807) is 24.0 Å². The van der Waals surface area contributed by atoms with Gasteiger partial charge in [0.1, 0.15) is 6.04 Å². The van der Waals surface area contributed by atoms with Crippen molar-refractivity contribution in [1.29, 1.82) is 0 Å². The maximum Gasteiger partial charge on any atom is 0.243 e. The highest BCUT2D eigenvalue weighted by Gasteiger charge is 2.29. The highest BCUT2D eigenvalue weighted by atomic mass is 35.5. The van der Waals surface area contributed by atoms with Gasteiger partial charge in [-0.15, -0.1) is 0 Å². The summed E-state index contributed by atoms with van der Waals surface area (Å²) in [7, 11) is 0. The molecule has 2 rings (SSSR count). The molecule has 150 valence electrons. The number of rotatable bonds is 9. The average molecular weight is 421 g/mol. The molecule has 28 heavy (non-hydrogen) atoms. The van der Waals surface area contributed by atoms with Gasteiger partial charge in [0.2, 0.25) is 11.8 Å². The zero-order chi connectivity index (χ0) is 20.5. The molecule has 0 aliphatic rings. The van der Waals surface area contributed by atoms with Crippen LogP contribution in [-0.2, 0) is 22.6 Å². The number of nitrogens with one attached hydrogen (secondary N) is 1. The molecule has 0 heterocycles. The molecular formula is C22H26Cl2N2O2. The number of carbonyl (C=O) groups excluding carboxylic acids is 2. The van der Waals surface area contributed by atoms with Crippen LogP contribution < -0.4 is 5.32 Å². The van der Waals surface area contributed by atoms with Crippen LogP contribution in [0.15, 0.2) is 48.5 Å². The fourth-order valence-corrected chi connectivity index (χ4v) is 3.28. The molecule has 0 fully saturated rings. The number of benzene rings is 2. The maximum absolute atomic E-state index is 12.9. The topological polar surface area (TPSA) is 49.4 Å². The zero-order valence-electron chi connectivity index (χ0n) is 16.3. The van der Waals surface area contributed by atoms with Crippen LogP contribution in [0, 0.1) is 0 Å². The van der Waals surface area contributed by atoms with Gasteiger partial charge in [0, 0.05) is 25.9 Å². The van der Waals surface area contributed by atoms with Gasteiger partial charge in [-0.25, -0.2) is 0 Å². The highest BCUT2D eigenvalue weighted by Crippen LogP contribution is 2.24. The monoisotopic (exact) mass is 420 g/mol. The first-order valence-electron chi connectivity index (χ1n) is 9.51. The second kappa shape index (κ2) is 11.1. The fraction of sp³-hybridized carbons (Fsp3) is 0.364. The molecule has 0 radical (unpaired) electrons. The van der Waals surface area contributed by atoms with E-state index in [0.717, 1.165) is 17.5 Å². The molecule has 1 N–H and O–H groups in total. The predicted octanol–water partition coefficient (Wildman–Crippen LogP) is 4.87. The second-order valence-corrected chi connectivity index (χ2v) is 7.43. The summed E-state index contributed by atoms with van der Waals surface area (Å²) < 4.78 is 0. The van der Waals surface area contributed by atoms with Gasteiger partial charge in [0.25, 0.3) is 0 Å². The van der Waals surface area contributed by atoms with Crippen molar-refractivity contribution in [2.45, 2.75) is 45.7 Å². The Hall–Kier alpha value is -2.04. The van der Waals surface area contributed by atoms with Gasteiger partial charge in [-0.3, -0.25) is 9.59 Å². The molecule has 4 nitrogen and oxygen atoms in total. The molecule has 0 aliphatic carbocycles. The number of nitrogens with zero attached hydrogens (tertiary/aromatic N) is 1. The Morgan fingerprint density at radius 3 is 2.32 bits per heavy atom. The standard InChI is InChI=1S/C22H26Cl2N2O2/c1-3-12-25-22(28)20(14-16-8-6-5-7-9-16)26(21(27)4-2)15-17-10-11-18(23)19(24)13-17/h5-11,13,20H,3-4,12,14-15H2,1-2H3,(H,25,28)/t20-/m1/s1. The van der Waals surface area contributed by atoms with E-state index in [9.17, 15) is 9.59 Å². The summed E-state index contributed by atoms with van der Waals surface area (Å²) in [6.07, 6.45) is 1.59.